The maximum absolute atomic E-state index is 4.37. The van der Waals surface area contributed by atoms with E-state index in [-0.39, 0.29) is 0 Å². The lowest BCUT2D eigenvalue weighted by Crippen LogP contribution is -1.97. The molecule has 2 aromatic rings. The molecule has 0 fully saturated rings. The first-order valence-corrected chi connectivity index (χ1v) is 4.89. The normalized spacial score (nSPS) is 10.4. The first kappa shape index (κ1) is 9.00. The highest BCUT2D eigenvalue weighted by Gasteiger charge is 2.05. The zero-order valence-electron chi connectivity index (χ0n) is 8.57. The van der Waals surface area contributed by atoms with Crippen molar-refractivity contribution in [2.45, 2.75) is 13.3 Å². The van der Waals surface area contributed by atoms with Crippen molar-refractivity contribution in [1.29, 1.82) is 0 Å². The molecule has 2 nitrogen and oxygen atoms in total. The SMILES string of the molecule is CCc1ncc(-c2ccccc2)n1C. The fourth-order valence-electron chi connectivity index (χ4n) is 1.65. The van der Waals surface area contributed by atoms with E-state index in [4.69, 9.17) is 0 Å². The molecular formula is C12H14N2. The van der Waals surface area contributed by atoms with Gasteiger partial charge in [0.1, 0.15) is 5.82 Å². The molecule has 72 valence electrons. The van der Waals surface area contributed by atoms with Crippen molar-refractivity contribution < 1.29 is 0 Å². The molecule has 0 aliphatic heterocycles. The van der Waals surface area contributed by atoms with Crippen LogP contribution in [0.15, 0.2) is 36.5 Å². The van der Waals surface area contributed by atoms with Crippen molar-refractivity contribution in [1.82, 2.24) is 9.55 Å². The maximum atomic E-state index is 4.37. The summed E-state index contributed by atoms with van der Waals surface area (Å²) in [7, 11) is 2.06. The van der Waals surface area contributed by atoms with Gasteiger partial charge in [-0.1, -0.05) is 37.3 Å². The van der Waals surface area contributed by atoms with E-state index in [9.17, 15) is 0 Å². The Morgan fingerprint density at radius 2 is 1.93 bits per heavy atom. The fraction of sp³-hybridized carbons (Fsp3) is 0.250. The molecule has 0 bridgehead atoms. The standard InChI is InChI=1S/C12H14N2/c1-3-12-13-9-11(14(12)2)10-7-5-4-6-8-10/h4-9H,3H2,1-2H3. The molecular weight excluding hydrogens is 172 g/mol. The lowest BCUT2D eigenvalue weighted by molar-refractivity contribution is 0.813. The number of imidazole rings is 1. The Hall–Kier alpha value is -1.57. The van der Waals surface area contributed by atoms with E-state index >= 15 is 0 Å². The van der Waals surface area contributed by atoms with Crippen LogP contribution in [-0.4, -0.2) is 9.55 Å². The monoisotopic (exact) mass is 186 g/mol. The van der Waals surface area contributed by atoms with Crippen LogP contribution in [0.5, 0.6) is 0 Å². The number of nitrogens with zero attached hydrogens (tertiary/aromatic N) is 2. The number of aryl methyl sites for hydroxylation is 1. The van der Waals surface area contributed by atoms with Gasteiger partial charge in [0.25, 0.3) is 0 Å². The lowest BCUT2D eigenvalue weighted by Gasteiger charge is -2.03. The molecule has 0 unspecified atom stereocenters. The molecule has 1 aromatic heterocycles. The summed E-state index contributed by atoms with van der Waals surface area (Å²) in [6, 6.07) is 10.3. The van der Waals surface area contributed by atoms with Gasteiger partial charge in [-0.15, -0.1) is 0 Å². The molecule has 0 spiro atoms. The average molecular weight is 186 g/mol. The van der Waals surface area contributed by atoms with Gasteiger partial charge in [-0.3, -0.25) is 0 Å². The van der Waals surface area contributed by atoms with Crippen molar-refractivity contribution in [3.05, 3.63) is 42.4 Å². The van der Waals surface area contributed by atoms with Gasteiger partial charge in [0, 0.05) is 13.5 Å². The quantitative estimate of drug-likeness (QED) is 0.705. The minimum Gasteiger partial charge on any atom is -0.331 e. The van der Waals surface area contributed by atoms with Gasteiger partial charge in [-0.2, -0.15) is 0 Å². The summed E-state index contributed by atoms with van der Waals surface area (Å²) in [6.07, 6.45) is 2.91. The van der Waals surface area contributed by atoms with Crippen molar-refractivity contribution in [2.75, 3.05) is 0 Å². The minimum absolute atomic E-state index is 0.976. The highest BCUT2D eigenvalue weighted by Crippen LogP contribution is 2.19. The molecule has 0 amide bonds. The van der Waals surface area contributed by atoms with Crippen molar-refractivity contribution in [3.63, 3.8) is 0 Å². The highest BCUT2D eigenvalue weighted by atomic mass is 15.1. The van der Waals surface area contributed by atoms with Crippen LogP contribution in [0.4, 0.5) is 0 Å². The van der Waals surface area contributed by atoms with Crippen LogP contribution in [0.2, 0.25) is 0 Å². The van der Waals surface area contributed by atoms with Crippen molar-refractivity contribution >= 4 is 0 Å². The van der Waals surface area contributed by atoms with Gasteiger partial charge < -0.3 is 4.57 Å². The Kier molecular flexibility index (Phi) is 2.35. The van der Waals surface area contributed by atoms with Crippen LogP contribution < -0.4 is 0 Å². The summed E-state index contributed by atoms with van der Waals surface area (Å²) in [6.45, 7) is 2.12. The lowest BCUT2D eigenvalue weighted by atomic mass is 10.2. The molecule has 14 heavy (non-hydrogen) atoms. The number of aromatic nitrogens is 2. The number of hydrogen-bond donors (Lipinski definition) is 0. The van der Waals surface area contributed by atoms with Gasteiger partial charge in [-0.25, -0.2) is 4.98 Å². The number of hydrogen-bond acceptors (Lipinski definition) is 1. The molecule has 0 radical (unpaired) electrons. The summed E-state index contributed by atoms with van der Waals surface area (Å²) in [5, 5.41) is 0. The predicted octanol–water partition coefficient (Wildman–Crippen LogP) is 2.65. The fourth-order valence-corrected chi connectivity index (χ4v) is 1.65. The highest BCUT2D eigenvalue weighted by molar-refractivity contribution is 5.58. The Balaban J connectivity index is 2.48. The van der Waals surface area contributed by atoms with Crippen LogP contribution in [-0.2, 0) is 13.5 Å². The second-order valence-corrected chi connectivity index (χ2v) is 3.34. The Morgan fingerprint density at radius 3 is 2.50 bits per heavy atom. The van der Waals surface area contributed by atoms with Gasteiger partial charge in [0.2, 0.25) is 0 Å². The van der Waals surface area contributed by atoms with E-state index in [0.717, 1.165) is 12.2 Å². The van der Waals surface area contributed by atoms with Crippen molar-refractivity contribution in [3.8, 4) is 11.3 Å². The Morgan fingerprint density at radius 1 is 1.21 bits per heavy atom. The Bertz CT molecular complexity index is 415. The third-order valence-corrected chi connectivity index (χ3v) is 2.47. The number of rotatable bonds is 2. The van der Waals surface area contributed by atoms with E-state index in [1.807, 2.05) is 24.4 Å². The predicted molar refractivity (Wildman–Crippen MR) is 58.0 cm³/mol. The number of benzene rings is 1. The summed E-state index contributed by atoms with van der Waals surface area (Å²) in [4.78, 5) is 4.37. The van der Waals surface area contributed by atoms with E-state index in [0.29, 0.717) is 0 Å². The van der Waals surface area contributed by atoms with E-state index in [1.165, 1.54) is 11.3 Å². The largest absolute Gasteiger partial charge is 0.331 e. The molecule has 0 saturated heterocycles. The van der Waals surface area contributed by atoms with Gasteiger partial charge >= 0.3 is 0 Å². The molecule has 1 aromatic carbocycles. The minimum atomic E-state index is 0.976. The molecule has 2 rings (SSSR count). The molecule has 0 N–H and O–H groups in total. The first-order chi connectivity index (χ1) is 6.83. The maximum Gasteiger partial charge on any atom is 0.108 e. The second kappa shape index (κ2) is 3.66. The third kappa shape index (κ3) is 1.43. The summed E-state index contributed by atoms with van der Waals surface area (Å²) in [5.74, 6) is 1.13. The van der Waals surface area contributed by atoms with Gasteiger partial charge in [-0.05, 0) is 5.56 Å². The molecule has 2 heteroatoms. The molecule has 0 saturated carbocycles. The van der Waals surface area contributed by atoms with E-state index < -0.39 is 0 Å². The third-order valence-electron chi connectivity index (χ3n) is 2.47. The zero-order chi connectivity index (χ0) is 9.97. The summed E-state index contributed by atoms with van der Waals surface area (Å²) >= 11 is 0. The smallest absolute Gasteiger partial charge is 0.108 e. The molecule has 0 atom stereocenters. The van der Waals surface area contributed by atoms with Gasteiger partial charge in [0.15, 0.2) is 0 Å². The van der Waals surface area contributed by atoms with E-state index in [1.54, 1.807) is 0 Å². The van der Waals surface area contributed by atoms with Crippen LogP contribution in [0.1, 0.15) is 12.7 Å². The van der Waals surface area contributed by atoms with Crippen LogP contribution >= 0.6 is 0 Å². The topological polar surface area (TPSA) is 17.8 Å². The van der Waals surface area contributed by atoms with Crippen molar-refractivity contribution in [2.24, 2.45) is 7.05 Å². The second-order valence-electron chi connectivity index (χ2n) is 3.34. The van der Waals surface area contributed by atoms with E-state index in [2.05, 4.69) is 35.7 Å². The molecule has 0 aliphatic carbocycles. The summed E-state index contributed by atoms with van der Waals surface area (Å²) < 4.78 is 2.15. The van der Waals surface area contributed by atoms with Gasteiger partial charge in [0.05, 0.1) is 11.9 Å². The van der Waals surface area contributed by atoms with Crippen LogP contribution in [0.25, 0.3) is 11.3 Å². The Labute approximate surface area is 84.2 Å². The first-order valence-electron chi connectivity index (χ1n) is 4.89. The molecule has 1 heterocycles. The summed E-state index contributed by atoms with van der Waals surface area (Å²) in [5.41, 5.74) is 2.41. The average Bonchev–Trinajstić information content (AvgIpc) is 2.61. The zero-order valence-corrected chi connectivity index (χ0v) is 8.57. The van der Waals surface area contributed by atoms with Crippen LogP contribution in [0.3, 0.4) is 0 Å². The molecule has 0 aliphatic rings. The van der Waals surface area contributed by atoms with Crippen LogP contribution in [0, 0.1) is 0 Å².